The van der Waals surface area contributed by atoms with Crippen molar-refractivity contribution in [3.05, 3.63) is 49.7 Å². The van der Waals surface area contributed by atoms with Crippen LogP contribution in [0.2, 0.25) is 0 Å². The van der Waals surface area contributed by atoms with Crippen LogP contribution in [0, 0.1) is 14.3 Å². The lowest BCUT2D eigenvalue weighted by Crippen LogP contribution is -2.20. The molecule has 0 saturated carbocycles. The Morgan fingerprint density at radius 1 is 0.931 bits per heavy atom. The Morgan fingerprint density at radius 2 is 1.38 bits per heavy atom. The van der Waals surface area contributed by atoms with Gasteiger partial charge < -0.3 is 19.3 Å². The van der Waals surface area contributed by atoms with Gasteiger partial charge in [0.05, 0.1) is 27.5 Å². The predicted octanol–water partition coefficient (Wildman–Crippen LogP) is 5.97. The molecule has 2 aromatic carbocycles. The van der Waals surface area contributed by atoms with Crippen molar-refractivity contribution in [3.63, 3.8) is 0 Å². The average molecular weight is 846 g/mol. The number of aliphatic hydroxyl groups is 1. The summed E-state index contributed by atoms with van der Waals surface area (Å²) in [5, 5.41) is 8.99. The molecule has 1 fully saturated rings. The summed E-state index contributed by atoms with van der Waals surface area (Å²) in [6.45, 7) is 6.58. The number of rotatable bonds is 9. The second kappa shape index (κ2) is 10.7. The molecule has 1 unspecified atom stereocenters. The summed E-state index contributed by atoms with van der Waals surface area (Å²) in [6.07, 6.45) is 0.886. The molecular weight excluding hydrogens is 824 g/mol. The van der Waals surface area contributed by atoms with Crippen LogP contribution in [0.4, 0.5) is 0 Å². The summed E-state index contributed by atoms with van der Waals surface area (Å²) < 4.78 is 21.5. The molecule has 0 bridgehead atoms. The van der Waals surface area contributed by atoms with Gasteiger partial charge in [-0.25, -0.2) is 0 Å². The quantitative estimate of drug-likeness (QED) is 0.192. The molecule has 1 atom stereocenters. The van der Waals surface area contributed by atoms with Crippen LogP contribution >= 0.6 is 90.4 Å². The van der Waals surface area contributed by atoms with Crippen molar-refractivity contribution >= 4 is 90.4 Å². The maximum Gasteiger partial charge on any atom is 0.146 e. The van der Waals surface area contributed by atoms with Gasteiger partial charge in [-0.3, -0.25) is 0 Å². The first-order chi connectivity index (χ1) is 13.7. The minimum Gasteiger partial charge on any atom is -0.491 e. The summed E-state index contributed by atoms with van der Waals surface area (Å²) in [7, 11) is 0. The van der Waals surface area contributed by atoms with Crippen molar-refractivity contribution in [1.82, 2.24) is 0 Å². The van der Waals surface area contributed by atoms with E-state index in [1.54, 1.807) is 0 Å². The van der Waals surface area contributed by atoms with Gasteiger partial charge in [0.2, 0.25) is 0 Å². The molecule has 8 heteroatoms. The highest BCUT2D eigenvalue weighted by Gasteiger charge is 2.28. The van der Waals surface area contributed by atoms with Gasteiger partial charge in [-0.1, -0.05) is 13.8 Å². The fourth-order valence-electron chi connectivity index (χ4n) is 2.86. The van der Waals surface area contributed by atoms with Crippen LogP contribution in [0.5, 0.6) is 11.5 Å². The van der Waals surface area contributed by atoms with E-state index in [-0.39, 0.29) is 18.1 Å². The van der Waals surface area contributed by atoms with Crippen LogP contribution in [0.15, 0.2) is 24.3 Å². The highest BCUT2D eigenvalue weighted by Crippen LogP contribution is 2.40. The average Bonchev–Trinajstić information content (AvgIpc) is 3.47. The molecule has 4 nitrogen and oxygen atoms in total. The lowest BCUT2D eigenvalue weighted by molar-refractivity contribution is 0.232. The van der Waals surface area contributed by atoms with Gasteiger partial charge in [0.25, 0.3) is 0 Å². The summed E-state index contributed by atoms with van der Waals surface area (Å²) in [6, 6.07) is 8.84. The van der Waals surface area contributed by atoms with E-state index in [1.807, 2.05) is 0 Å². The van der Waals surface area contributed by atoms with E-state index in [0.717, 1.165) is 32.4 Å². The summed E-state index contributed by atoms with van der Waals surface area (Å²) in [5.74, 6) is 1.84. The van der Waals surface area contributed by atoms with Crippen LogP contribution in [-0.4, -0.2) is 37.6 Å². The van der Waals surface area contributed by atoms with Gasteiger partial charge in [-0.15, -0.1) is 0 Å². The number of benzene rings is 2. The van der Waals surface area contributed by atoms with Gasteiger partial charge in [-0.2, -0.15) is 0 Å². The molecule has 29 heavy (non-hydrogen) atoms. The molecular formula is C21H22I4O4. The summed E-state index contributed by atoms with van der Waals surface area (Å²) in [4.78, 5) is 0. The molecule has 0 radical (unpaired) electrons. The van der Waals surface area contributed by atoms with E-state index in [4.69, 9.17) is 19.3 Å². The summed E-state index contributed by atoms with van der Waals surface area (Å²) >= 11 is 9.40. The third-order valence-corrected chi connectivity index (χ3v) is 8.01. The van der Waals surface area contributed by atoms with E-state index < -0.39 is 0 Å². The number of halogens is 4. The van der Waals surface area contributed by atoms with Gasteiger partial charge in [0.15, 0.2) is 0 Å². The fraction of sp³-hybridized carbons (Fsp3) is 0.429. The minimum atomic E-state index is -0.165. The third-order valence-electron chi connectivity index (χ3n) is 4.80. The van der Waals surface area contributed by atoms with Crippen molar-refractivity contribution in [2.24, 2.45) is 0 Å². The first-order valence-electron chi connectivity index (χ1n) is 9.21. The van der Waals surface area contributed by atoms with E-state index in [2.05, 4.69) is 128 Å². The number of hydrogen-bond acceptors (Lipinski definition) is 4. The second-order valence-corrected chi connectivity index (χ2v) is 12.0. The van der Waals surface area contributed by atoms with Crippen LogP contribution in [0.3, 0.4) is 0 Å². The van der Waals surface area contributed by atoms with Crippen molar-refractivity contribution in [1.29, 1.82) is 0 Å². The first kappa shape index (κ1) is 24.5. The molecule has 3 rings (SSSR count). The Hall–Kier alpha value is 0.880. The molecule has 1 aliphatic rings. The van der Waals surface area contributed by atoms with E-state index in [1.165, 1.54) is 11.1 Å². The molecule has 1 aliphatic heterocycles. The van der Waals surface area contributed by atoms with Crippen LogP contribution in [-0.2, 0) is 10.2 Å². The van der Waals surface area contributed by atoms with Gasteiger partial charge >= 0.3 is 0 Å². The van der Waals surface area contributed by atoms with Gasteiger partial charge in [0.1, 0.15) is 24.2 Å². The number of hydrogen-bond donors (Lipinski definition) is 1. The van der Waals surface area contributed by atoms with Crippen molar-refractivity contribution in [2.45, 2.75) is 31.8 Å². The van der Waals surface area contributed by atoms with Crippen LogP contribution < -0.4 is 9.47 Å². The molecule has 2 aromatic rings. The maximum atomic E-state index is 8.99. The lowest BCUT2D eigenvalue weighted by atomic mass is 9.78. The zero-order valence-electron chi connectivity index (χ0n) is 16.1. The van der Waals surface area contributed by atoms with E-state index in [0.29, 0.717) is 19.6 Å². The zero-order valence-corrected chi connectivity index (χ0v) is 24.7. The maximum absolute atomic E-state index is 8.99. The SMILES string of the molecule is CC(C)(c1cc(I)c(OCCCO)c(I)c1)c1cc(I)c(OCC2CO2)c(I)c1. The Balaban J connectivity index is 1.87. The Bertz CT molecular complexity index is 835. The van der Waals surface area contributed by atoms with Gasteiger partial charge in [0, 0.05) is 18.4 Å². The highest BCUT2D eigenvalue weighted by atomic mass is 127. The monoisotopic (exact) mass is 846 g/mol. The molecule has 1 heterocycles. The molecule has 0 aliphatic carbocycles. The highest BCUT2D eigenvalue weighted by molar-refractivity contribution is 14.1. The number of ether oxygens (including phenoxy) is 3. The van der Waals surface area contributed by atoms with Gasteiger partial charge in [-0.05, 0) is 126 Å². The lowest BCUT2D eigenvalue weighted by Gasteiger charge is -2.28. The molecule has 0 spiro atoms. The molecule has 158 valence electrons. The Labute approximate surface area is 226 Å². The first-order valence-corrected chi connectivity index (χ1v) is 13.5. The third kappa shape index (κ3) is 6.23. The summed E-state index contributed by atoms with van der Waals surface area (Å²) in [5.41, 5.74) is 2.33. The molecule has 0 aromatic heterocycles. The zero-order chi connectivity index (χ0) is 21.2. The Morgan fingerprint density at radius 3 is 1.79 bits per heavy atom. The molecule has 1 N–H and O–H groups in total. The van der Waals surface area contributed by atoms with E-state index >= 15 is 0 Å². The molecule has 0 amide bonds. The topological polar surface area (TPSA) is 51.2 Å². The smallest absolute Gasteiger partial charge is 0.146 e. The van der Waals surface area contributed by atoms with Crippen molar-refractivity contribution in [3.8, 4) is 11.5 Å². The number of epoxide rings is 1. The van der Waals surface area contributed by atoms with Crippen LogP contribution in [0.25, 0.3) is 0 Å². The Kier molecular flexibility index (Phi) is 9.02. The van der Waals surface area contributed by atoms with Crippen LogP contribution in [0.1, 0.15) is 31.4 Å². The van der Waals surface area contributed by atoms with E-state index in [9.17, 15) is 0 Å². The number of aliphatic hydroxyl groups excluding tert-OH is 1. The predicted molar refractivity (Wildman–Crippen MR) is 148 cm³/mol. The standard InChI is InChI=1S/C21H22I4O4/c1-21(2,12-6-15(22)19(16(23)7-12)27-5-3-4-26)13-8-17(24)20(18(25)9-13)29-11-14-10-28-14/h6-9,14,26H,3-5,10-11H2,1-2H3. The largest absolute Gasteiger partial charge is 0.491 e. The minimum absolute atomic E-state index is 0.142. The van der Waals surface area contributed by atoms with Crippen molar-refractivity contribution in [2.75, 3.05) is 26.4 Å². The fourth-order valence-corrected chi connectivity index (χ4v) is 7.02. The second-order valence-electron chi connectivity index (χ2n) is 7.36. The molecule has 1 saturated heterocycles. The van der Waals surface area contributed by atoms with Crippen molar-refractivity contribution < 1.29 is 19.3 Å². The normalized spacial score (nSPS) is 16.0.